The van der Waals surface area contributed by atoms with Gasteiger partial charge < -0.3 is 14.8 Å². The van der Waals surface area contributed by atoms with Crippen molar-refractivity contribution in [1.82, 2.24) is 10.3 Å². The van der Waals surface area contributed by atoms with Gasteiger partial charge >= 0.3 is 12.2 Å². The predicted octanol–water partition coefficient (Wildman–Crippen LogP) is 5.47. The average Bonchev–Trinajstić information content (AvgIpc) is 2.55. The Labute approximate surface area is 180 Å². The molecule has 2 amide bonds. The number of amides is 2. The van der Waals surface area contributed by atoms with Crippen molar-refractivity contribution in [1.29, 1.82) is 0 Å². The normalized spacial score (nSPS) is 24.7. The zero-order valence-electron chi connectivity index (χ0n) is 19.5. The van der Waals surface area contributed by atoms with Crippen molar-refractivity contribution in [2.75, 3.05) is 5.32 Å². The molecular weight excluding hydrogens is 382 g/mol. The van der Waals surface area contributed by atoms with Crippen LogP contribution in [0, 0.1) is 11.8 Å². The van der Waals surface area contributed by atoms with E-state index in [9.17, 15) is 9.59 Å². The number of nitrogens with one attached hydrogen (secondary N) is 2. The number of carbonyl (C=O) groups excluding carboxylic acids is 2. The molecule has 1 saturated carbocycles. The highest BCUT2D eigenvalue weighted by Crippen LogP contribution is 2.41. The standard InChI is InChI=1S/C23H37N3O4/c1-14-11-16(12-18(15(14)2)25-20(27)29-22(3,4)5)17-9-10-24-13-19(17)26-21(28)30-23(6,7)8/h9-10,13-16,18H,11-12H2,1-8H3,(H,25,27)(H,26,28)/t14-,15-,16+,18+/m0/s1. The van der Waals surface area contributed by atoms with E-state index in [4.69, 9.17) is 9.47 Å². The number of rotatable bonds is 3. The van der Waals surface area contributed by atoms with Crippen LogP contribution in [0.2, 0.25) is 0 Å². The summed E-state index contributed by atoms with van der Waals surface area (Å²) in [6, 6.07) is 1.92. The van der Waals surface area contributed by atoms with Gasteiger partial charge in [-0.05, 0) is 83.8 Å². The fourth-order valence-corrected chi connectivity index (χ4v) is 3.86. The molecule has 0 radical (unpaired) electrons. The molecule has 1 aromatic heterocycles. The number of ether oxygens (including phenoxy) is 2. The first kappa shape index (κ1) is 24.0. The molecule has 0 aliphatic heterocycles. The quantitative estimate of drug-likeness (QED) is 0.678. The molecule has 0 spiro atoms. The van der Waals surface area contributed by atoms with E-state index in [0.717, 1.165) is 18.4 Å². The maximum atomic E-state index is 12.4. The fraction of sp³-hybridized carbons (Fsp3) is 0.696. The van der Waals surface area contributed by atoms with E-state index in [1.807, 2.05) is 47.6 Å². The molecule has 30 heavy (non-hydrogen) atoms. The number of aromatic nitrogens is 1. The molecule has 7 heteroatoms. The first-order valence-corrected chi connectivity index (χ1v) is 10.7. The predicted molar refractivity (Wildman–Crippen MR) is 118 cm³/mol. The zero-order chi connectivity index (χ0) is 22.7. The van der Waals surface area contributed by atoms with Gasteiger partial charge in [0.05, 0.1) is 11.9 Å². The minimum absolute atomic E-state index is 0.0175. The third kappa shape index (κ3) is 7.18. The molecule has 1 aliphatic carbocycles. The third-order valence-electron chi connectivity index (χ3n) is 5.36. The van der Waals surface area contributed by atoms with Crippen molar-refractivity contribution in [2.24, 2.45) is 11.8 Å². The van der Waals surface area contributed by atoms with Gasteiger partial charge in [-0.3, -0.25) is 10.3 Å². The molecule has 0 bridgehead atoms. The highest BCUT2D eigenvalue weighted by molar-refractivity contribution is 5.85. The number of carbonyl (C=O) groups is 2. The molecule has 1 heterocycles. The second kappa shape index (κ2) is 9.23. The molecular formula is C23H37N3O4. The van der Waals surface area contributed by atoms with Crippen LogP contribution in [0.25, 0.3) is 0 Å². The van der Waals surface area contributed by atoms with Crippen LogP contribution >= 0.6 is 0 Å². The van der Waals surface area contributed by atoms with E-state index in [-0.39, 0.29) is 12.0 Å². The van der Waals surface area contributed by atoms with Gasteiger partial charge in [-0.25, -0.2) is 9.59 Å². The fourth-order valence-electron chi connectivity index (χ4n) is 3.86. The van der Waals surface area contributed by atoms with Crippen LogP contribution in [0.15, 0.2) is 18.5 Å². The zero-order valence-corrected chi connectivity index (χ0v) is 19.5. The highest BCUT2D eigenvalue weighted by atomic mass is 16.6. The van der Waals surface area contributed by atoms with E-state index < -0.39 is 23.4 Å². The van der Waals surface area contributed by atoms with Crippen molar-refractivity contribution >= 4 is 17.9 Å². The van der Waals surface area contributed by atoms with Crippen molar-refractivity contribution in [3.63, 3.8) is 0 Å². The Balaban J connectivity index is 2.17. The number of pyridine rings is 1. The molecule has 7 nitrogen and oxygen atoms in total. The lowest BCUT2D eigenvalue weighted by Gasteiger charge is -2.40. The van der Waals surface area contributed by atoms with E-state index in [1.54, 1.807) is 12.4 Å². The number of hydrogen-bond donors (Lipinski definition) is 2. The molecule has 0 saturated heterocycles. The second-order valence-electron chi connectivity index (χ2n) is 10.3. The summed E-state index contributed by atoms with van der Waals surface area (Å²) in [6.07, 6.45) is 4.21. The Morgan fingerprint density at radius 3 is 2.20 bits per heavy atom. The summed E-state index contributed by atoms with van der Waals surface area (Å²) in [5, 5.41) is 5.90. The summed E-state index contributed by atoms with van der Waals surface area (Å²) in [6.45, 7) is 15.4. The van der Waals surface area contributed by atoms with Crippen molar-refractivity contribution in [2.45, 2.75) is 91.4 Å². The van der Waals surface area contributed by atoms with Gasteiger partial charge in [0.2, 0.25) is 0 Å². The molecule has 1 aromatic rings. The topological polar surface area (TPSA) is 89.5 Å². The molecule has 1 fully saturated rings. The largest absolute Gasteiger partial charge is 0.444 e. The first-order chi connectivity index (χ1) is 13.7. The molecule has 0 aromatic carbocycles. The lowest BCUT2D eigenvalue weighted by Crippen LogP contribution is -2.47. The van der Waals surface area contributed by atoms with Gasteiger partial charge in [0.15, 0.2) is 0 Å². The minimum Gasteiger partial charge on any atom is -0.444 e. The summed E-state index contributed by atoms with van der Waals surface area (Å²) in [7, 11) is 0. The van der Waals surface area contributed by atoms with E-state index >= 15 is 0 Å². The second-order valence-corrected chi connectivity index (χ2v) is 10.3. The first-order valence-electron chi connectivity index (χ1n) is 10.7. The van der Waals surface area contributed by atoms with Gasteiger partial charge in [-0.2, -0.15) is 0 Å². The van der Waals surface area contributed by atoms with Crippen LogP contribution in [-0.4, -0.2) is 34.4 Å². The molecule has 2 rings (SSSR count). The molecule has 168 valence electrons. The molecule has 1 aliphatic rings. The maximum absolute atomic E-state index is 12.4. The van der Waals surface area contributed by atoms with E-state index in [0.29, 0.717) is 17.5 Å². The summed E-state index contributed by atoms with van der Waals surface area (Å²) < 4.78 is 10.8. The van der Waals surface area contributed by atoms with Gasteiger partial charge in [0.25, 0.3) is 0 Å². The average molecular weight is 420 g/mol. The van der Waals surface area contributed by atoms with Crippen LogP contribution in [0.5, 0.6) is 0 Å². The summed E-state index contributed by atoms with van der Waals surface area (Å²) in [5.74, 6) is 0.883. The Morgan fingerprint density at radius 2 is 1.60 bits per heavy atom. The maximum Gasteiger partial charge on any atom is 0.412 e. The van der Waals surface area contributed by atoms with Gasteiger partial charge in [-0.15, -0.1) is 0 Å². The van der Waals surface area contributed by atoms with Gasteiger partial charge in [0, 0.05) is 12.2 Å². The van der Waals surface area contributed by atoms with Crippen molar-refractivity contribution < 1.29 is 19.1 Å². The molecule has 2 N–H and O–H groups in total. The molecule has 4 atom stereocenters. The Morgan fingerprint density at radius 1 is 1.00 bits per heavy atom. The monoisotopic (exact) mass is 419 g/mol. The number of alkyl carbamates (subject to hydrolysis) is 1. The molecule has 0 unspecified atom stereocenters. The van der Waals surface area contributed by atoms with Crippen LogP contribution < -0.4 is 10.6 Å². The van der Waals surface area contributed by atoms with E-state index in [1.165, 1.54) is 0 Å². The van der Waals surface area contributed by atoms with Gasteiger partial charge in [-0.1, -0.05) is 13.8 Å². The number of hydrogen-bond acceptors (Lipinski definition) is 5. The Kier molecular flexibility index (Phi) is 7.37. The van der Waals surface area contributed by atoms with Crippen LogP contribution in [0.1, 0.15) is 79.7 Å². The van der Waals surface area contributed by atoms with Crippen molar-refractivity contribution in [3.05, 3.63) is 24.0 Å². The summed E-state index contributed by atoms with van der Waals surface area (Å²) >= 11 is 0. The Hall–Kier alpha value is -2.31. The van der Waals surface area contributed by atoms with Gasteiger partial charge in [0.1, 0.15) is 11.2 Å². The number of nitrogens with zero attached hydrogens (tertiary/aromatic N) is 1. The van der Waals surface area contributed by atoms with E-state index in [2.05, 4.69) is 29.5 Å². The van der Waals surface area contributed by atoms with Crippen LogP contribution in [-0.2, 0) is 9.47 Å². The number of anilines is 1. The highest BCUT2D eigenvalue weighted by Gasteiger charge is 2.36. The lowest BCUT2D eigenvalue weighted by molar-refractivity contribution is 0.0448. The Bertz CT molecular complexity index is 752. The van der Waals surface area contributed by atoms with Crippen LogP contribution in [0.4, 0.5) is 15.3 Å². The SMILES string of the molecule is C[C@H]1[C@@H](C)C[C@@H](c2ccncc2NC(=O)OC(C)(C)C)C[C@H]1NC(=O)OC(C)(C)C. The lowest BCUT2D eigenvalue weighted by atomic mass is 9.70. The minimum atomic E-state index is -0.580. The van der Waals surface area contributed by atoms with Crippen molar-refractivity contribution in [3.8, 4) is 0 Å². The summed E-state index contributed by atoms with van der Waals surface area (Å²) in [4.78, 5) is 28.8. The summed E-state index contributed by atoms with van der Waals surface area (Å²) in [5.41, 5.74) is 0.534. The third-order valence-corrected chi connectivity index (χ3v) is 5.36. The smallest absolute Gasteiger partial charge is 0.412 e. The van der Waals surface area contributed by atoms with Crippen LogP contribution in [0.3, 0.4) is 0 Å².